The third kappa shape index (κ3) is 3.33. The van der Waals surface area contributed by atoms with E-state index in [0.29, 0.717) is 11.9 Å². The van der Waals surface area contributed by atoms with E-state index >= 15 is 0 Å². The highest BCUT2D eigenvalue weighted by atomic mass is 32.2. The standard InChI is InChI=1S/C17H17F3N4O2S/c18-13-8-24(16(19)20)22-15(13)27(26)23-17(25)21-14-11-5-1-3-9(11)7-10-4-2-6-12(10)14/h7-8,16,27H,1-6H2,(H,21,25). The van der Waals surface area contributed by atoms with Crippen molar-refractivity contribution in [3.63, 3.8) is 0 Å². The average molecular weight is 398 g/mol. The summed E-state index contributed by atoms with van der Waals surface area (Å²) in [6.07, 6.45) is 6.03. The van der Waals surface area contributed by atoms with Gasteiger partial charge in [-0.3, -0.25) is 0 Å². The molecule has 1 aromatic heterocycles. The predicted octanol–water partition coefficient (Wildman–Crippen LogP) is 3.65. The predicted molar refractivity (Wildman–Crippen MR) is 93.2 cm³/mol. The van der Waals surface area contributed by atoms with Crippen LogP contribution in [0.1, 0.15) is 41.6 Å². The summed E-state index contributed by atoms with van der Waals surface area (Å²) in [6.45, 7) is -3.07. The number of carbonyl (C=O) groups excluding carboxylic acids is 1. The van der Waals surface area contributed by atoms with Crippen LogP contribution in [0.25, 0.3) is 0 Å². The molecule has 1 N–H and O–H groups in total. The van der Waals surface area contributed by atoms with Crippen molar-refractivity contribution < 1.29 is 22.2 Å². The van der Waals surface area contributed by atoms with E-state index in [9.17, 15) is 22.2 Å². The second kappa shape index (κ2) is 6.99. The third-order valence-electron chi connectivity index (χ3n) is 4.94. The fourth-order valence-corrected chi connectivity index (χ4v) is 4.55. The first-order valence-electron chi connectivity index (χ1n) is 8.63. The van der Waals surface area contributed by atoms with E-state index in [1.54, 1.807) is 0 Å². The maximum atomic E-state index is 13.7. The van der Waals surface area contributed by atoms with Crippen molar-refractivity contribution in [2.24, 2.45) is 4.36 Å². The highest BCUT2D eigenvalue weighted by Crippen LogP contribution is 2.38. The van der Waals surface area contributed by atoms with Crippen molar-refractivity contribution in [3.05, 3.63) is 40.3 Å². The minimum atomic E-state index is -3.07. The van der Waals surface area contributed by atoms with Gasteiger partial charge >= 0.3 is 12.6 Å². The lowest BCUT2D eigenvalue weighted by Crippen LogP contribution is -2.11. The van der Waals surface area contributed by atoms with Crippen LogP contribution < -0.4 is 5.32 Å². The minimum absolute atomic E-state index is 0.0439. The zero-order chi connectivity index (χ0) is 19.1. The van der Waals surface area contributed by atoms with Crippen LogP contribution in [0.2, 0.25) is 0 Å². The monoisotopic (exact) mass is 398 g/mol. The van der Waals surface area contributed by atoms with Crippen molar-refractivity contribution >= 4 is 22.3 Å². The number of aryl methyl sites for hydroxylation is 2. The number of hydrogen-bond donors (Lipinski definition) is 2. The van der Waals surface area contributed by atoms with Crippen molar-refractivity contribution in [3.8, 4) is 0 Å². The molecule has 2 aromatic rings. The molecular formula is C17H17F3N4O2S. The van der Waals surface area contributed by atoms with Crippen molar-refractivity contribution in [2.75, 3.05) is 5.32 Å². The number of carbonyl (C=O) groups is 1. The summed E-state index contributed by atoms with van der Waals surface area (Å²) in [5, 5.41) is 5.16. The number of hydrogen-bond acceptors (Lipinski definition) is 3. The molecule has 0 fully saturated rings. The topological polar surface area (TPSA) is 76.3 Å². The number of aromatic nitrogens is 2. The van der Waals surface area contributed by atoms with Gasteiger partial charge in [-0.2, -0.15) is 13.9 Å². The molecule has 0 spiro atoms. The molecule has 6 nitrogen and oxygen atoms in total. The van der Waals surface area contributed by atoms with Crippen LogP contribution in [0.3, 0.4) is 0 Å². The molecule has 0 saturated carbocycles. The van der Waals surface area contributed by atoms with E-state index < -0.39 is 34.0 Å². The fourth-order valence-electron chi connectivity index (χ4n) is 3.82. The van der Waals surface area contributed by atoms with Crippen LogP contribution in [-0.2, 0) is 36.3 Å². The number of amides is 2. The number of nitrogens with one attached hydrogen (secondary N) is 1. The minimum Gasteiger partial charge on any atom is -0.305 e. The molecule has 0 radical (unpaired) electrons. The lowest BCUT2D eigenvalue weighted by atomic mass is 9.99. The van der Waals surface area contributed by atoms with Crippen LogP contribution >= 0.6 is 0 Å². The number of thiol groups is 1. The number of urea groups is 1. The molecule has 27 heavy (non-hydrogen) atoms. The first kappa shape index (κ1) is 18.0. The van der Waals surface area contributed by atoms with Crippen molar-refractivity contribution in [1.29, 1.82) is 0 Å². The zero-order valence-corrected chi connectivity index (χ0v) is 15.1. The Morgan fingerprint density at radius 2 is 1.81 bits per heavy atom. The summed E-state index contributed by atoms with van der Waals surface area (Å²) in [6, 6.07) is 1.31. The van der Waals surface area contributed by atoms with E-state index in [4.69, 9.17) is 0 Å². The normalized spacial score (nSPS) is 16.6. The summed E-state index contributed by atoms with van der Waals surface area (Å²) < 4.78 is 54.4. The van der Waals surface area contributed by atoms with Gasteiger partial charge in [0.25, 0.3) is 0 Å². The van der Waals surface area contributed by atoms with Crippen LogP contribution in [0.4, 0.5) is 23.7 Å². The number of rotatable bonds is 3. The maximum absolute atomic E-state index is 13.7. The van der Waals surface area contributed by atoms with Gasteiger partial charge in [0.05, 0.1) is 16.8 Å². The van der Waals surface area contributed by atoms with Crippen LogP contribution in [0, 0.1) is 5.82 Å². The van der Waals surface area contributed by atoms with Crippen LogP contribution in [-0.4, -0.2) is 20.0 Å². The van der Waals surface area contributed by atoms with E-state index in [0.717, 1.165) is 49.7 Å². The van der Waals surface area contributed by atoms with Gasteiger partial charge in [-0.05, 0) is 60.8 Å². The number of fused-ring (bicyclic) bond motifs is 2. The number of nitrogens with zero attached hydrogens (tertiary/aromatic N) is 3. The summed E-state index contributed by atoms with van der Waals surface area (Å²) in [5.41, 5.74) is 5.27. The zero-order valence-electron chi connectivity index (χ0n) is 14.2. The molecule has 2 aliphatic carbocycles. The number of anilines is 1. The first-order chi connectivity index (χ1) is 12.9. The largest absolute Gasteiger partial charge is 0.353 e. The SMILES string of the molecule is O=C(/N=[SH](=O)\c1nn(C(F)F)cc1F)Nc1c2c(cc3c1CCC3)CCC2. The maximum Gasteiger partial charge on any atom is 0.353 e. The van der Waals surface area contributed by atoms with Gasteiger partial charge in [0.1, 0.15) is 0 Å². The molecular weight excluding hydrogens is 381 g/mol. The highest BCUT2D eigenvalue weighted by Gasteiger charge is 2.25. The molecule has 0 bridgehead atoms. The molecule has 4 rings (SSSR count). The Labute approximate surface area is 155 Å². The summed E-state index contributed by atoms with van der Waals surface area (Å²) in [5.74, 6) is -1.19. The molecule has 10 heteroatoms. The van der Waals surface area contributed by atoms with Gasteiger partial charge in [0, 0.05) is 5.69 Å². The van der Waals surface area contributed by atoms with Gasteiger partial charge in [0.15, 0.2) is 10.8 Å². The van der Waals surface area contributed by atoms with Crippen LogP contribution in [0.5, 0.6) is 0 Å². The third-order valence-corrected chi connectivity index (χ3v) is 5.97. The van der Waals surface area contributed by atoms with Gasteiger partial charge in [-0.1, -0.05) is 6.07 Å². The van der Waals surface area contributed by atoms with E-state index in [-0.39, 0.29) is 4.68 Å². The average Bonchev–Trinajstić information content (AvgIpc) is 3.32. The summed E-state index contributed by atoms with van der Waals surface area (Å²) in [4.78, 5) is 12.3. The number of benzene rings is 1. The van der Waals surface area contributed by atoms with E-state index in [1.807, 2.05) is 0 Å². The summed E-state index contributed by atoms with van der Waals surface area (Å²) >= 11 is 0. The van der Waals surface area contributed by atoms with Gasteiger partial charge in [-0.25, -0.2) is 18.1 Å². The Morgan fingerprint density at radius 1 is 1.19 bits per heavy atom. The van der Waals surface area contributed by atoms with E-state index in [1.165, 1.54) is 11.1 Å². The Morgan fingerprint density at radius 3 is 2.37 bits per heavy atom. The molecule has 1 unspecified atom stereocenters. The Bertz CT molecular complexity index is 980. The van der Waals surface area contributed by atoms with Gasteiger partial charge in [0.2, 0.25) is 0 Å². The second-order valence-corrected chi connectivity index (χ2v) is 7.76. The summed E-state index contributed by atoms with van der Waals surface area (Å²) in [7, 11) is -2.93. The molecule has 1 atom stereocenters. The van der Waals surface area contributed by atoms with Crippen LogP contribution in [0.15, 0.2) is 21.7 Å². The number of alkyl halides is 2. The van der Waals surface area contributed by atoms with E-state index in [2.05, 4.69) is 20.8 Å². The lowest BCUT2D eigenvalue weighted by molar-refractivity contribution is 0.0552. The molecule has 0 aliphatic heterocycles. The number of halogens is 3. The fraction of sp³-hybridized carbons (Fsp3) is 0.412. The molecule has 144 valence electrons. The first-order valence-corrected chi connectivity index (χ1v) is 9.84. The molecule has 0 saturated heterocycles. The quantitative estimate of drug-likeness (QED) is 0.775. The molecule has 1 heterocycles. The molecule has 2 aliphatic rings. The lowest BCUT2D eigenvalue weighted by Gasteiger charge is -2.14. The molecule has 2 amide bonds. The second-order valence-electron chi connectivity index (χ2n) is 6.60. The van der Waals surface area contributed by atoms with Gasteiger partial charge < -0.3 is 5.32 Å². The Balaban J connectivity index is 1.62. The van der Waals surface area contributed by atoms with Gasteiger partial charge in [-0.15, -0.1) is 4.36 Å². The van der Waals surface area contributed by atoms with Crippen molar-refractivity contribution in [1.82, 2.24) is 9.78 Å². The van der Waals surface area contributed by atoms with Crippen molar-refractivity contribution in [2.45, 2.75) is 50.1 Å². The smallest absolute Gasteiger partial charge is 0.305 e. The highest BCUT2D eigenvalue weighted by molar-refractivity contribution is 7.75. The Kier molecular flexibility index (Phi) is 4.67. The Hall–Kier alpha value is -2.36. The molecule has 1 aromatic carbocycles.